The Kier molecular flexibility index (Phi) is 4.26. The molecule has 2 amide bonds. The van der Waals surface area contributed by atoms with Gasteiger partial charge in [0.2, 0.25) is 11.8 Å². The third-order valence-electron chi connectivity index (χ3n) is 7.56. The topological polar surface area (TPSA) is 97.6 Å². The minimum atomic E-state index is -1.28. The highest BCUT2D eigenvalue weighted by Crippen LogP contribution is 2.64. The monoisotopic (exact) mass is 516 g/mol. The number of ketones is 1. The molecule has 0 spiro atoms. The molecule has 0 unspecified atom stereocenters. The molecule has 7 nitrogen and oxygen atoms in total. The zero-order valence-electron chi connectivity index (χ0n) is 17.9. The molecule has 8 heteroatoms. The van der Waals surface area contributed by atoms with Gasteiger partial charge in [-0.25, -0.2) is 4.90 Å². The molecule has 3 aromatic carbocycles. The molecule has 4 aliphatic rings. The van der Waals surface area contributed by atoms with Crippen LogP contribution >= 0.6 is 15.9 Å². The number of amides is 2. The molecule has 168 valence electrons. The molecule has 0 N–H and O–H groups in total. The van der Waals surface area contributed by atoms with Gasteiger partial charge in [-0.05, 0) is 51.2 Å². The zero-order valence-corrected chi connectivity index (χ0v) is 19.5. The van der Waals surface area contributed by atoms with Crippen molar-refractivity contribution >= 4 is 44.9 Å². The van der Waals surface area contributed by atoms with Crippen molar-refractivity contribution in [2.24, 2.45) is 11.8 Å². The molecule has 1 aliphatic heterocycles. The summed E-state index contributed by atoms with van der Waals surface area (Å²) in [5, 5.41) is 11.2. The molecule has 0 saturated carbocycles. The lowest BCUT2D eigenvalue weighted by Crippen LogP contribution is -2.57. The second-order valence-corrected chi connectivity index (χ2v) is 9.78. The predicted octanol–water partition coefficient (Wildman–Crippen LogP) is 4.50. The number of Topliss-reactive ketones (excluding diaryl/α,β-unsaturated/α-hetero) is 1. The summed E-state index contributed by atoms with van der Waals surface area (Å²) in [6.45, 7) is 1.48. The van der Waals surface area contributed by atoms with Crippen LogP contribution in [0.3, 0.4) is 0 Å². The lowest BCUT2D eigenvalue weighted by molar-refractivity contribution is -0.384. The highest BCUT2D eigenvalue weighted by atomic mass is 79.9. The smallest absolute Gasteiger partial charge is 0.270 e. The van der Waals surface area contributed by atoms with E-state index in [1.807, 2.05) is 48.5 Å². The zero-order chi connectivity index (χ0) is 23.9. The molecule has 2 atom stereocenters. The van der Waals surface area contributed by atoms with Crippen molar-refractivity contribution in [3.05, 3.63) is 104 Å². The summed E-state index contributed by atoms with van der Waals surface area (Å²) in [5.41, 5.74) is 2.14. The molecule has 7 rings (SSSR count). The first-order valence-corrected chi connectivity index (χ1v) is 11.6. The quantitative estimate of drug-likeness (QED) is 0.290. The third-order valence-corrected chi connectivity index (χ3v) is 8.19. The molecular formula is C26H17BrN2O5. The Morgan fingerprint density at radius 3 is 2.09 bits per heavy atom. The molecule has 1 fully saturated rings. The van der Waals surface area contributed by atoms with E-state index in [9.17, 15) is 24.5 Å². The van der Waals surface area contributed by atoms with Gasteiger partial charge in [0, 0.05) is 22.5 Å². The van der Waals surface area contributed by atoms with Crippen LogP contribution in [0, 0.1) is 22.0 Å². The fourth-order valence-electron chi connectivity index (χ4n) is 6.40. The van der Waals surface area contributed by atoms with Gasteiger partial charge in [-0.15, -0.1) is 0 Å². The van der Waals surface area contributed by atoms with Crippen LogP contribution in [0.15, 0.2) is 71.2 Å². The van der Waals surface area contributed by atoms with E-state index in [0.29, 0.717) is 0 Å². The molecule has 1 saturated heterocycles. The minimum absolute atomic E-state index is 0.160. The van der Waals surface area contributed by atoms with Gasteiger partial charge in [-0.3, -0.25) is 24.5 Å². The van der Waals surface area contributed by atoms with Gasteiger partial charge in [0.1, 0.15) is 5.78 Å². The van der Waals surface area contributed by atoms with Gasteiger partial charge < -0.3 is 0 Å². The predicted molar refractivity (Wildman–Crippen MR) is 126 cm³/mol. The average molecular weight is 517 g/mol. The van der Waals surface area contributed by atoms with Crippen LogP contribution in [-0.4, -0.2) is 22.5 Å². The third kappa shape index (κ3) is 2.33. The maximum absolute atomic E-state index is 14.0. The van der Waals surface area contributed by atoms with Crippen LogP contribution in [0.4, 0.5) is 11.4 Å². The molecule has 0 aromatic heterocycles. The molecular weight excluding hydrogens is 500 g/mol. The maximum Gasteiger partial charge on any atom is 0.270 e. The second-order valence-electron chi connectivity index (χ2n) is 8.92. The number of imide groups is 1. The Hall–Kier alpha value is -3.65. The summed E-state index contributed by atoms with van der Waals surface area (Å²) < 4.78 is 0.265. The summed E-state index contributed by atoms with van der Waals surface area (Å²) in [6, 6.07) is 19.1. The van der Waals surface area contributed by atoms with E-state index in [-0.39, 0.29) is 27.5 Å². The van der Waals surface area contributed by atoms with Crippen LogP contribution < -0.4 is 4.90 Å². The minimum Gasteiger partial charge on any atom is -0.299 e. The summed E-state index contributed by atoms with van der Waals surface area (Å²) >= 11 is 3.31. The Bertz CT molecular complexity index is 1420. The molecule has 2 bridgehead atoms. The van der Waals surface area contributed by atoms with Crippen molar-refractivity contribution in [1.82, 2.24) is 0 Å². The number of anilines is 1. The van der Waals surface area contributed by atoms with E-state index >= 15 is 0 Å². The van der Waals surface area contributed by atoms with Gasteiger partial charge in [0.25, 0.3) is 5.69 Å². The van der Waals surface area contributed by atoms with Crippen LogP contribution in [0.5, 0.6) is 0 Å². The number of halogens is 1. The first-order chi connectivity index (χ1) is 16.3. The van der Waals surface area contributed by atoms with E-state index in [1.165, 1.54) is 25.1 Å². The van der Waals surface area contributed by atoms with Gasteiger partial charge in [-0.2, -0.15) is 0 Å². The number of rotatable bonds is 3. The molecule has 1 heterocycles. The SMILES string of the molecule is CC(=O)C12c3ccccc3C(c3ccccc31)[C@H]1C(=O)N(c3ccc([N+](=O)[O-])cc3Br)C(=O)[C@H]12. The summed E-state index contributed by atoms with van der Waals surface area (Å²) in [5.74, 6) is -3.06. The number of carbonyl (C=O) groups is 3. The van der Waals surface area contributed by atoms with E-state index in [1.54, 1.807) is 0 Å². The first kappa shape index (κ1) is 20.9. The van der Waals surface area contributed by atoms with Crippen molar-refractivity contribution in [2.75, 3.05) is 4.90 Å². The number of carbonyl (C=O) groups excluding carboxylic acids is 3. The fraction of sp³-hybridized carbons (Fsp3) is 0.192. The van der Waals surface area contributed by atoms with E-state index in [4.69, 9.17) is 0 Å². The van der Waals surface area contributed by atoms with Crippen molar-refractivity contribution in [3.63, 3.8) is 0 Å². The van der Waals surface area contributed by atoms with E-state index in [0.717, 1.165) is 27.2 Å². The number of non-ortho nitro benzene ring substituents is 1. The van der Waals surface area contributed by atoms with Gasteiger partial charge in [0.05, 0.1) is 27.9 Å². The highest BCUT2D eigenvalue weighted by molar-refractivity contribution is 9.10. The lowest BCUT2D eigenvalue weighted by atomic mass is 9.46. The van der Waals surface area contributed by atoms with Crippen molar-refractivity contribution in [1.29, 1.82) is 0 Å². The van der Waals surface area contributed by atoms with E-state index < -0.39 is 34.0 Å². The number of hydrogen-bond acceptors (Lipinski definition) is 5. The van der Waals surface area contributed by atoms with Gasteiger partial charge in [0.15, 0.2) is 0 Å². The second kappa shape index (κ2) is 6.93. The van der Waals surface area contributed by atoms with Crippen LogP contribution in [0.2, 0.25) is 0 Å². The number of benzene rings is 3. The Balaban J connectivity index is 1.62. The maximum atomic E-state index is 14.0. The standard InChI is InChI=1S/C26H17BrN2O5/c1-13(30)26-17-8-4-2-6-15(17)21(16-7-3-5-9-18(16)26)22-23(26)25(32)28(24(22)31)20-11-10-14(29(33)34)12-19(20)27/h2-12,21-23H,1H3/t21?,22-,23+,26?/m1/s1. The molecule has 3 aliphatic carbocycles. The Morgan fingerprint density at radius 1 is 0.971 bits per heavy atom. The average Bonchev–Trinajstić information content (AvgIpc) is 3.09. The summed E-state index contributed by atoms with van der Waals surface area (Å²) in [4.78, 5) is 53.3. The fourth-order valence-corrected chi connectivity index (χ4v) is 6.94. The highest BCUT2D eigenvalue weighted by Gasteiger charge is 2.70. The van der Waals surface area contributed by atoms with Crippen LogP contribution in [-0.2, 0) is 19.8 Å². The Labute approximate surface area is 202 Å². The number of nitrogens with zero attached hydrogens (tertiary/aromatic N) is 2. The number of hydrogen-bond donors (Lipinski definition) is 0. The summed E-state index contributed by atoms with van der Waals surface area (Å²) in [6.07, 6.45) is 0. The molecule has 0 radical (unpaired) electrons. The van der Waals surface area contributed by atoms with Crippen molar-refractivity contribution in [2.45, 2.75) is 18.3 Å². The first-order valence-electron chi connectivity index (χ1n) is 10.8. The van der Waals surface area contributed by atoms with Crippen molar-refractivity contribution < 1.29 is 19.3 Å². The summed E-state index contributed by atoms with van der Waals surface area (Å²) in [7, 11) is 0. The van der Waals surface area contributed by atoms with Crippen molar-refractivity contribution in [3.8, 4) is 0 Å². The van der Waals surface area contributed by atoms with Gasteiger partial charge >= 0.3 is 0 Å². The number of nitro benzene ring substituents is 1. The lowest BCUT2D eigenvalue weighted by Gasteiger charge is -2.52. The molecule has 3 aromatic rings. The molecule has 34 heavy (non-hydrogen) atoms. The normalized spacial score (nSPS) is 26.2. The largest absolute Gasteiger partial charge is 0.299 e. The Morgan fingerprint density at radius 2 is 1.56 bits per heavy atom. The van der Waals surface area contributed by atoms with Crippen LogP contribution in [0.25, 0.3) is 0 Å². The van der Waals surface area contributed by atoms with Crippen LogP contribution in [0.1, 0.15) is 35.1 Å². The van der Waals surface area contributed by atoms with E-state index in [2.05, 4.69) is 15.9 Å². The number of nitro groups is 1. The van der Waals surface area contributed by atoms with Gasteiger partial charge in [-0.1, -0.05) is 48.5 Å².